The van der Waals surface area contributed by atoms with Crippen molar-refractivity contribution < 1.29 is 9.59 Å². The molecule has 0 aromatic heterocycles. The van der Waals surface area contributed by atoms with Crippen LogP contribution in [0.15, 0.2) is 103 Å². The zero-order chi connectivity index (χ0) is 25.8. The predicted octanol–water partition coefficient (Wildman–Crippen LogP) is 3.81. The fourth-order valence-corrected chi connectivity index (χ4v) is 4.91. The lowest BCUT2D eigenvalue weighted by molar-refractivity contribution is -0.124. The van der Waals surface area contributed by atoms with E-state index in [0.29, 0.717) is 6.54 Å². The SMILES string of the molecule is NC1C(=O)NC(c2ccccc2)c2ccccc21.NC1C(=O)NCc2cc(Cc3ccccc3)ccc21. The number of benzene rings is 4. The number of rotatable bonds is 3. The van der Waals surface area contributed by atoms with E-state index in [9.17, 15) is 9.59 Å². The van der Waals surface area contributed by atoms with Crippen molar-refractivity contribution in [2.75, 3.05) is 0 Å². The first-order chi connectivity index (χ1) is 18.0. The van der Waals surface area contributed by atoms with E-state index in [4.69, 9.17) is 11.5 Å². The Hall–Kier alpha value is -4.26. The smallest absolute Gasteiger partial charge is 0.242 e. The maximum Gasteiger partial charge on any atom is 0.242 e. The van der Waals surface area contributed by atoms with E-state index in [2.05, 4.69) is 34.9 Å². The second-order valence-electron chi connectivity index (χ2n) is 9.35. The zero-order valence-electron chi connectivity index (χ0n) is 20.4. The summed E-state index contributed by atoms with van der Waals surface area (Å²) < 4.78 is 0. The largest absolute Gasteiger partial charge is 0.350 e. The molecule has 4 aromatic rings. The topological polar surface area (TPSA) is 110 Å². The molecule has 3 atom stereocenters. The summed E-state index contributed by atoms with van der Waals surface area (Å²) in [4.78, 5) is 23.4. The van der Waals surface area contributed by atoms with Crippen molar-refractivity contribution in [3.63, 3.8) is 0 Å². The van der Waals surface area contributed by atoms with Crippen molar-refractivity contribution >= 4 is 11.8 Å². The van der Waals surface area contributed by atoms with Crippen LogP contribution in [0, 0.1) is 0 Å². The molecule has 6 heteroatoms. The standard InChI is InChI=1S/C16H16N2O.C15H14N2O/c17-15-14-7-6-12(8-11-4-2-1-3-5-11)9-13(14)10-18-16(15)19;16-13-11-8-4-5-9-12(11)14(17-15(13)18)10-6-2-1-3-7-10/h1-7,9,15H,8,10,17H2,(H,18,19);1-9,13-14H,16H2,(H,17,18). The molecule has 2 aliphatic heterocycles. The van der Waals surface area contributed by atoms with E-state index in [0.717, 1.165) is 34.2 Å². The minimum absolute atomic E-state index is 0.0942. The minimum Gasteiger partial charge on any atom is -0.350 e. The maximum atomic E-state index is 11.9. The van der Waals surface area contributed by atoms with Gasteiger partial charge in [-0.25, -0.2) is 0 Å². The van der Waals surface area contributed by atoms with Crippen LogP contribution in [0.2, 0.25) is 0 Å². The molecule has 4 aromatic carbocycles. The van der Waals surface area contributed by atoms with Crippen molar-refractivity contribution in [2.45, 2.75) is 31.1 Å². The second kappa shape index (κ2) is 10.8. The summed E-state index contributed by atoms with van der Waals surface area (Å²) in [5, 5.41) is 5.79. The Kier molecular flexibility index (Phi) is 7.12. The molecule has 0 aliphatic carbocycles. The average molecular weight is 491 g/mol. The van der Waals surface area contributed by atoms with E-state index in [-0.39, 0.29) is 17.9 Å². The Morgan fingerprint density at radius 1 is 0.649 bits per heavy atom. The van der Waals surface area contributed by atoms with Gasteiger partial charge in [-0.15, -0.1) is 0 Å². The summed E-state index contributed by atoms with van der Waals surface area (Å²) in [6.07, 6.45) is 0.900. The first-order valence-corrected chi connectivity index (χ1v) is 12.4. The Balaban J connectivity index is 0.000000152. The average Bonchev–Trinajstić information content (AvgIpc) is 2.94. The van der Waals surface area contributed by atoms with E-state index in [1.54, 1.807) is 0 Å². The molecule has 2 aliphatic rings. The fourth-order valence-electron chi connectivity index (χ4n) is 4.91. The third kappa shape index (κ3) is 5.31. The molecule has 2 heterocycles. The Labute approximate surface area is 216 Å². The molecule has 6 rings (SSSR count). The minimum atomic E-state index is -0.568. The number of carbonyl (C=O) groups excluding carboxylic acids is 2. The van der Waals surface area contributed by atoms with Gasteiger partial charge in [-0.2, -0.15) is 0 Å². The summed E-state index contributed by atoms with van der Waals surface area (Å²) in [6, 6.07) is 33.1. The molecule has 0 fully saturated rings. The normalized spacial score (nSPS) is 19.9. The molecule has 0 saturated carbocycles. The van der Waals surface area contributed by atoms with Gasteiger partial charge in [0.05, 0.1) is 6.04 Å². The quantitative estimate of drug-likeness (QED) is 0.350. The number of fused-ring (bicyclic) bond motifs is 2. The molecule has 0 bridgehead atoms. The summed E-state index contributed by atoms with van der Waals surface area (Å²) in [5.41, 5.74) is 19.5. The Bertz CT molecular complexity index is 1410. The lowest BCUT2D eigenvalue weighted by Gasteiger charge is -2.30. The number of hydrogen-bond acceptors (Lipinski definition) is 4. The molecule has 2 amide bonds. The van der Waals surface area contributed by atoms with Gasteiger partial charge in [-0.3, -0.25) is 9.59 Å². The highest BCUT2D eigenvalue weighted by Crippen LogP contribution is 2.32. The van der Waals surface area contributed by atoms with Crippen molar-refractivity contribution in [1.29, 1.82) is 0 Å². The number of carbonyl (C=O) groups is 2. The number of hydrogen-bond donors (Lipinski definition) is 4. The molecule has 6 N–H and O–H groups in total. The summed E-state index contributed by atoms with van der Waals surface area (Å²) >= 11 is 0. The van der Waals surface area contributed by atoms with Gasteiger partial charge in [0.15, 0.2) is 0 Å². The second-order valence-corrected chi connectivity index (χ2v) is 9.35. The van der Waals surface area contributed by atoms with Crippen LogP contribution in [0.5, 0.6) is 0 Å². The van der Waals surface area contributed by atoms with Crippen LogP contribution in [0.1, 0.15) is 57.1 Å². The van der Waals surface area contributed by atoms with Gasteiger partial charge in [-0.05, 0) is 45.4 Å². The molecule has 186 valence electrons. The number of nitrogens with one attached hydrogen (secondary N) is 2. The van der Waals surface area contributed by atoms with Crippen LogP contribution in [0.3, 0.4) is 0 Å². The van der Waals surface area contributed by atoms with Crippen molar-refractivity contribution in [3.8, 4) is 0 Å². The molecule has 37 heavy (non-hydrogen) atoms. The highest BCUT2D eigenvalue weighted by Gasteiger charge is 2.31. The molecule has 0 radical (unpaired) electrons. The van der Waals surface area contributed by atoms with Crippen LogP contribution < -0.4 is 22.1 Å². The zero-order valence-corrected chi connectivity index (χ0v) is 20.4. The van der Waals surface area contributed by atoms with Crippen LogP contribution in [-0.4, -0.2) is 11.8 Å². The van der Waals surface area contributed by atoms with Gasteiger partial charge in [-0.1, -0.05) is 103 Å². The van der Waals surface area contributed by atoms with Crippen LogP contribution in [-0.2, 0) is 22.6 Å². The van der Waals surface area contributed by atoms with Crippen LogP contribution in [0.25, 0.3) is 0 Å². The van der Waals surface area contributed by atoms with Gasteiger partial charge in [0, 0.05) is 6.54 Å². The van der Waals surface area contributed by atoms with Crippen LogP contribution >= 0.6 is 0 Å². The van der Waals surface area contributed by atoms with Gasteiger partial charge < -0.3 is 22.1 Å². The lowest BCUT2D eigenvalue weighted by Crippen LogP contribution is -2.42. The molecule has 0 spiro atoms. The fraction of sp³-hybridized carbons (Fsp3) is 0.161. The highest BCUT2D eigenvalue weighted by atomic mass is 16.2. The summed E-state index contributed by atoms with van der Waals surface area (Å²) in [5.74, 6) is -0.217. The lowest BCUT2D eigenvalue weighted by atomic mass is 9.87. The number of amides is 2. The summed E-state index contributed by atoms with van der Waals surface area (Å²) in [6.45, 7) is 0.574. The third-order valence-electron chi connectivity index (χ3n) is 6.87. The third-order valence-corrected chi connectivity index (χ3v) is 6.87. The van der Waals surface area contributed by atoms with Crippen molar-refractivity contribution in [2.24, 2.45) is 11.5 Å². The highest BCUT2D eigenvalue weighted by molar-refractivity contribution is 5.86. The number of nitrogens with two attached hydrogens (primary N) is 2. The predicted molar refractivity (Wildman–Crippen MR) is 144 cm³/mol. The molecule has 0 saturated heterocycles. The first kappa shape index (κ1) is 24.4. The molecule has 6 nitrogen and oxygen atoms in total. The van der Waals surface area contributed by atoms with Gasteiger partial charge in [0.1, 0.15) is 12.1 Å². The van der Waals surface area contributed by atoms with Crippen molar-refractivity contribution in [1.82, 2.24) is 10.6 Å². The van der Waals surface area contributed by atoms with Gasteiger partial charge >= 0.3 is 0 Å². The van der Waals surface area contributed by atoms with Crippen LogP contribution in [0.4, 0.5) is 0 Å². The molecular weight excluding hydrogens is 460 g/mol. The maximum absolute atomic E-state index is 11.9. The molecular formula is C31H30N4O2. The van der Waals surface area contributed by atoms with Crippen molar-refractivity contribution in [3.05, 3.63) is 142 Å². The van der Waals surface area contributed by atoms with E-state index >= 15 is 0 Å². The summed E-state index contributed by atoms with van der Waals surface area (Å²) in [7, 11) is 0. The van der Waals surface area contributed by atoms with Gasteiger partial charge in [0.2, 0.25) is 11.8 Å². The monoisotopic (exact) mass is 490 g/mol. The van der Waals surface area contributed by atoms with Gasteiger partial charge in [0.25, 0.3) is 0 Å². The Morgan fingerprint density at radius 3 is 2.00 bits per heavy atom. The Morgan fingerprint density at radius 2 is 1.27 bits per heavy atom. The van der Waals surface area contributed by atoms with E-state index in [1.165, 1.54) is 11.1 Å². The van der Waals surface area contributed by atoms with E-state index < -0.39 is 12.1 Å². The molecule has 3 unspecified atom stereocenters. The van der Waals surface area contributed by atoms with E-state index in [1.807, 2.05) is 78.9 Å². The first-order valence-electron chi connectivity index (χ1n) is 12.4.